The van der Waals surface area contributed by atoms with Crippen LogP contribution in [0.1, 0.15) is 0 Å². The van der Waals surface area contributed by atoms with Gasteiger partial charge in [-0.2, -0.15) is 0 Å². The molecule has 0 aliphatic carbocycles. The van der Waals surface area contributed by atoms with E-state index in [9.17, 15) is 10.1 Å². The van der Waals surface area contributed by atoms with Crippen LogP contribution in [0.25, 0.3) is 0 Å². The Morgan fingerprint density at radius 1 is 1.62 bits per heavy atom. The molecule has 0 aromatic heterocycles. The molecule has 6 nitrogen and oxygen atoms in total. The Kier molecular flexibility index (Phi) is 2.31. The number of hydrogen-bond acceptors (Lipinski definition) is 5. The van der Waals surface area contributed by atoms with Gasteiger partial charge in [-0.3, -0.25) is 10.1 Å². The lowest BCUT2D eigenvalue weighted by Gasteiger charge is -1.98. The Bertz CT molecular complexity index is 383. The largest absolute Gasteiger partial charge is 0.502 e. The molecule has 0 spiro atoms. The number of rotatable bonds is 2. The van der Waals surface area contributed by atoms with Gasteiger partial charge in [-0.1, -0.05) is 6.07 Å². The van der Waals surface area contributed by atoms with Gasteiger partial charge in [-0.05, 0) is 12.1 Å². The molecule has 0 aliphatic heterocycles. The summed E-state index contributed by atoms with van der Waals surface area (Å²) in [6.45, 7) is 0. The Hall–Kier alpha value is -2.29. The van der Waals surface area contributed by atoms with E-state index in [-0.39, 0.29) is 5.75 Å². The summed E-state index contributed by atoms with van der Waals surface area (Å²) < 4.78 is 4.28. The zero-order valence-electron chi connectivity index (χ0n) is 6.30. The summed E-state index contributed by atoms with van der Waals surface area (Å²) in [5.74, 6) is -0.801. The van der Waals surface area contributed by atoms with Crippen LogP contribution in [0.5, 0.6) is 11.5 Å². The highest BCUT2D eigenvalue weighted by atomic mass is 16.6. The average molecular weight is 180 g/mol. The summed E-state index contributed by atoms with van der Waals surface area (Å²) in [6, 6.07) is 3.71. The number of ether oxygens (including phenoxy) is 1. The quantitative estimate of drug-likeness (QED) is 0.418. The monoisotopic (exact) mass is 180 g/mol. The Morgan fingerprint density at radius 3 is 2.85 bits per heavy atom. The minimum Gasteiger partial charge on any atom is -0.502 e. The summed E-state index contributed by atoms with van der Waals surface area (Å²) in [7, 11) is 0. The first-order valence-corrected chi connectivity index (χ1v) is 3.19. The molecule has 0 amide bonds. The van der Waals surface area contributed by atoms with Crippen LogP contribution in [-0.2, 0) is 0 Å². The summed E-state index contributed by atoms with van der Waals surface area (Å²) in [5.41, 5.74) is -0.607. The standard InChI is InChI=1S/C7H4N2O4/c8-4-13-6-3-1-2-5(10)7(6)9(11)12/h1-3,10H. The van der Waals surface area contributed by atoms with Crippen molar-refractivity contribution in [3.63, 3.8) is 0 Å². The van der Waals surface area contributed by atoms with Crippen molar-refractivity contribution in [3.8, 4) is 17.8 Å². The van der Waals surface area contributed by atoms with Gasteiger partial charge in [0.1, 0.15) is 0 Å². The van der Waals surface area contributed by atoms with Crippen molar-refractivity contribution < 1.29 is 14.8 Å². The Morgan fingerprint density at radius 2 is 2.31 bits per heavy atom. The number of nitrogens with zero attached hydrogens (tertiary/aromatic N) is 2. The molecule has 1 rings (SSSR count). The molecule has 0 atom stereocenters. The number of nitro groups is 1. The van der Waals surface area contributed by atoms with Crippen molar-refractivity contribution in [1.82, 2.24) is 0 Å². The fourth-order valence-corrected chi connectivity index (χ4v) is 0.826. The van der Waals surface area contributed by atoms with Gasteiger partial charge in [0, 0.05) is 0 Å². The zero-order valence-corrected chi connectivity index (χ0v) is 6.30. The topological polar surface area (TPSA) is 96.4 Å². The molecule has 1 aromatic rings. The van der Waals surface area contributed by atoms with Gasteiger partial charge in [-0.25, -0.2) is 0 Å². The summed E-state index contributed by atoms with van der Waals surface area (Å²) >= 11 is 0. The van der Waals surface area contributed by atoms with Gasteiger partial charge in [0.2, 0.25) is 5.75 Å². The number of benzene rings is 1. The van der Waals surface area contributed by atoms with E-state index >= 15 is 0 Å². The lowest BCUT2D eigenvalue weighted by molar-refractivity contribution is -0.386. The lowest BCUT2D eigenvalue weighted by atomic mass is 10.3. The van der Waals surface area contributed by atoms with Gasteiger partial charge in [0.25, 0.3) is 6.26 Å². The molecule has 0 heterocycles. The van der Waals surface area contributed by atoms with Crippen molar-refractivity contribution >= 4 is 5.69 Å². The Balaban J connectivity index is 3.27. The molecule has 0 radical (unpaired) electrons. The first-order valence-electron chi connectivity index (χ1n) is 3.19. The minimum atomic E-state index is -0.817. The van der Waals surface area contributed by atoms with Crippen molar-refractivity contribution in [1.29, 1.82) is 5.26 Å². The lowest BCUT2D eigenvalue weighted by Crippen LogP contribution is -1.93. The van der Waals surface area contributed by atoms with Gasteiger partial charge in [0.15, 0.2) is 5.75 Å². The first kappa shape index (κ1) is 8.80. The van der Waals surface area contributed by atoms with Gasteiger partial charge in [0.05, 0.1) is 4.92 Å². The normalized spacial score (nSPS) is 8.85. The van der Waals surface area contributed by atoms with Crippen LogP contribution < -0.4 is 4.74 Å². The van der Waals surface area contributed by atoms with E-state index in [1.54, 1.807) is 0 Å². The maximum Gasteiger partial charge on any atom is 0.353 e. The van der Waals surface area contributed by atoms with E-state index in [1.165, 1.54) is 18.4 Å². The molecule has 0 fully saturated rings. The third-order valence-electron chi connectivity index (χ3n) is 1.32. The van der Waals surface area contributed by atoms with Gasteiger partial charge >= 0.3 is 5.69 Å². The molecule has 0 bridgehead atoms. The summed E-state index contributed by atoms with van der Waals surface area (Å²) in [5, 5.41) is 27.6. The van der Waals surface area contributed by atoms with Crippen LogP contribution in [0.4, 0.5) is 5.69 Å². The third-order valence-corrected chi connectivity index (χ3v) is 1.32. The predicted molar refractivity (Wildman–Crippen MR) is 41.0 cm³/mol. The number of para-hydroxylation sites is 1. The average Bonchev–Trinajstić information content (AvgIpc) is 2.04. The second-order valence-electron chi connectivity index (χ2n) is 2.07. The van der Waals surface area contributed by atoms with Gasteiger partial charge in [-0.15, -0.1) is 5.26 Å². The third kappa shape index (κ3) is 1.65. The molecule has 0 saturated heterocycles. The van der Waals surface area contributed by atoms with E-state index in [4.69, 9.17) is 10.4 Å². The molecule has 0 aliphatic rings. The van der Waals surface area contributed by atoms with E-state index in [0.717, 1.165) is 6.07 Å². The molecule has 1 aromatic carbocycles. The van der Waals surface area contributed by atoms with Crippen LogP contribution in [0.15, 0.2) is 18.2 Å². The zero-order chi connectivity index (χ0) is 9.84. The number of nitriles is 1. The van der Waals surface area contributed by atoms with E-state index in [2.05, 4.69) is 4.74 Å². The van der Waals surface area contributed by atoms with Crippen molar-refractivity contribution in [2.75, 3.05) is 0 Å². The highest BCUT2D eigenvalue weighted by Gasteiger charge is 2.20. The van der Waals surface area contributed by atoms with Crippen molar-refractivity contribution in [2.24, 2.45) is 0 Å². The number of phenolic OH excluding ortho intramolecular Hbond substituents is 1. The molecule has 0 saturated carbocycles. The second kappa shape index (κ2) is 3.40. The minimum absolute atomic E-state index is 0.271. The molecule has 1 N–H and O–H groups in total. The van der Waals surface area contributed by atoms with Crippen LogP contribution in [0.2, 0.25) is 0 Å². The molecule has 66 valence electrons. The second-order valence-corrected chi connectivity index (χ2v) is 2.07. The van der Waals surface area contributed by atoms with Crippen molar-refractivity contribution in [2.45, 2.75) is 0 Å². The SMILES string of the molecule is N#COc1cccc(O)c1[N+](=O)[O-]. The van der Waals surface area contributed by atoms with Crippen LogP contribution >= 0.6 is 0 Å². The van der Waals surface area contributed by atoms with Crippen LogP contribution in [0, 0.1) is 21.6 Å². The number of hydrogen-bond donors (Lipinski definition) is 1. The van der Waals surface area contributed by atoms with Crippen LogP contribution in [-0.4, -0.2) is 10.0 Å². The number of phenols is 1. The first-order chi connectivity index (χ1) is 6.16. The molecular formula is C7H4N2O4. The van der Waals surface area contributed by atoms with E-state index in [0.29, 0.717) is 0 Å². The molecule has 0 unspecified atom stereocenters. The maximum atomic E-state index is 10.4. The highest BCUT2D eigenvalue weighted by molar-refractivity contribution is 5.56. The predicted octanol–water partition coefficient (Wildman–Crippen LogP) is 1.16. The molecule has 6 heteroatoms. The van der Waals surface area contributed by atoms with Crippen molar-refractivity contribution in [3.05, 3.63) is 28.3 Å². The fourth-order valence-electron chi connectivity index (χ4n) is 0.826. The number of aromatic hydroxyl groups is 1. The summed E-state index contributed by atoms with van der Waals surface area (Å²) in [6.07, 6.45) is 1.29. The highest BCUT2D eigenvalue weighted by Crippen LogP contribution is 2.35. The molecule has 13 heavy (non-hydrogen) atoms. The van der Waals surface area contributed by atoms with Gasteiger partial charge < -0.3 is 9.84 Å². The molecular weight excluding hydrogens is 176 g/mol. The van der Waals surface area contributed by atoms with E-state index in [1.807, 2.05) is 0 Å². The van der Waals surface area contributed by atoms with E-state index < -0.39 is 16.4 Å². The maximum absolute atomic E-state index is 10.4. The fraction of sp³-hybridized carbons (Fsp3) is 0. The van der Waals surface area contributed by atoms with Crippen LogP contribution in [0.3, 0.4) is 0 Å². The smallest absolute Gasteiger partial charge is 0.353 e. The summed E-state index contributed by atoms with van der Waals surface area (Å²) in [4.78, 5) is 9.56. The Labute approximate surface area is 72.7 Å². The number of nitro benzene ring substituents is 1.